The fourth-order valence-electron chi connectivity index (χ4n) is 4.04. The van der Waals surface area contributed by atoms with Crippen molar-refractivity contribution in [3.8, 4) is 0 Å². The molecule has 2 saturated heterocycles. The summed E-state index contributed by atoms with van der Waals surface area (Å²) >= 11 is 0. The molecule has 2 fully saturated rings. The summed E-state index contributed by atoms with van der Waals surface area (Å²) in [6.07, 6.45) is 5.48. The molecular formula is C20H27N3O3. The second-order valence-electron chi connectivity index (χ2n) is 7.68. The van der Waals surface area contributed by atoms with Crippen LogP contribution in [0.1, 0.15) is 36.4 Å². The molecule has 2 aromatic heterocycles. The molecule has 6 heteroatoms. The Balaban J connectivity index is 1.20. The van der Waals surface area contributed by atoms with Gasteiger partial charge < -0.3 is 14.0 Å². The number of aromatic nitrogens is 2. The van der Waals surface area contributed by atoms with Gasteiger partial charge in [-0.05, 0) is 56.8 Å². The van der Waals surface area contributed by atoms with E-state index in [-0.39, 0.29) is 6.10 Å². The lowest BCUT2D eigenvalue weighted by Crippen LogP contribution is -2.40. The molecule has 0 aromatic carbocycles. The van der Waals surface area contributed by atoms with Gasteiger partial charge in [0.1, 0.15) is 5.76 Å². The van der Waals surface area contributed by atoms with Crippen LogP contribution >= 0.6 is 0 Å². The Bertz CT molecular complexity index is 695. The summed E-state index contributed by atoms with van der Waals surface area (Å²) in [5.74, 6) is 0.881. The maximum Gasteiger partial charge on any atom is 0.133 e. The Morgan fingerprint density at radius 1 is 1.27 bits per heavy atom. The first-order valence-corrected chi connectivity index (χ1v) is 9.45. The number of nitrogens with zero attached hydrogens (tertiary/aromatic N) is 3. The smallest absolute Gasteiger partial charge is 0.133 e. The van der Waals surface area contributed by atoms with E-state index in [4.69, 9.17) is 14.0 Å². The Hall–Kier alpha value is -1.76. The minimum atomic E-state index is 0.212. The molecule has 2 aliphatic heterocycles. The second kappa shape index (κ2) is 7.86. The van der Waals surface area contributed by atoms with Crippen molar-refractivity contribution < 1.29 is 14.0 Å². The van der Waals surface area contributed by atoms with E-state index in [1.54, 1.807) is 6.20 Å². The summed E-state index contributed by atoms with van der Waals surface area (Å²) in [5.41, 5.74) is 2.33. The Kier molecular flexibility index (Phi) is 5.33. The SMILES string of the molecule is Cc1cc(CN2CCC3(CC2)CO[C@H](COCc2ccccn2)C3)no1. The number of aryl methyl sites for hydroxylation is 1. The highest BCUT2D eigenvalue weighted by Gasteiger charge is 2.42. The van der Waals surface area contributed by atoms with Crippen LogP contribution in [0.25, 0.3) is 0 Å². The van der Waals surface area contributed by atoms with Gasteiger partial charge in [0.25, 0.3) is 0 Å². The maximum absolute atomic E-state index is 6.05. The number of hydrogen-bond acceptors (Lipinski definition) is 6. The summed E-state index contributed by atoms with van der Waals surface area (Å²) in [7, 11) is 0. The number of rotatable bonds is 6. The normalized spacial score (nSPS) is 22.9. The minimum Gasteiger partial charge on any atom is -0.375 e. The molecule has 0 radical (unpaired) electrons. The topological polar surface area (TPSA) is 60.6 Å². The summed E-state index contributed by atoms with van der Waals surface area (Å²) in [5, 5.41) is 4.11. The van der Waals surface area contributed by atoms with E-state index in [0.717, 1.165) is 49.8 Å². The van der Waals surface area contributed by atoms with Crippen LogP contribution in [-0.4, -0.2) is 47.4 Å². The van der Waals surface area contributed by atoms with Crippen molar-refractivity contribution in [2.75, 3.05) is 26.3 Å². The molecule has 0 unspecified atom stereocenters. The van der Waals surface area contributed by atoms with Crippen LogP contribution in [0, 0.1) is 12.3 Å². The summed E-state index contributed by atoms with van der Waals surface area (Å²) in [6, 6.07) is 7.92. The molecule has 0 saturated carbocycles. The van der Waals surface area contributed by atoms with Crippen LogP contribution in [0.3, 0.4) is 0 Å². The average molecular weight is 357 g/mol. The van der Waals surface area contributed by atoms with E-state index in [1.807, 2.05) is 31.2 Å². The van der Waals surface area contributed by atoms with Crippen molar-refractivity contribution in [2.45, 2.75) is 45.4 Å². The lowest BCUT2D eigenvalue weighted by atomic mass is 9.76. The predicted octanol–water partition coefficient (Wildman–Crippen LogP) is 2.97. The van der Waals surface area contributed by atoms with Gasteiger partial charge >= 0.3 is 0 Å². The Morgan fingerprint density at radius 2 is 2.15 bits per heavy atom. The molecule has 6 nitrogen and oxygen atoms in total. The van der Waals surface area contributed by atoms with Crippen LogP contribution in [0.5, 0.6) is 0 Å². The molecule has 0 aliphatic carbocycles. The van der Waals surface area contributed by atoms with Crippen LogP contribution in [0.2, 0.25) is 0 Å². The largest absolute Gasteiger partial charge is 0.375 e. The maximum atomic E-state index is 6.05. The standard InChI is InChI=1S/C20H27N3O3/c1-16-10-18(22-26-16)12-23-8-5-20(6-9-23)11-19(25-15-20)14-24-13-17-4-2-3-7-21-17/h2-4,7,10,19H,5-6,8-9,11-15H2,1H3/t19-/m0/s1. The van der Waals surface area contributed by atoms with Gasteiger partial charge in [-0.3, -0.25) is 9.88 Å². The summed E-state index contributed by atoms with van der Waals surface area (Å²) in [6.45, 7) is 7.08. The number of ether oxygens (including phenoxy) is 2. The van der Waals surface area contributed by atoms with Gasteiger partial charge in [0.15, 0.2) is 0 Å². The zero-order chi connectivity index (χ0) is 17.8. The second-order valence-corrected chi connectivity index (χ2v) is 7.68. The van der Waals surface area contributed by atoms with Crippen molar-refractivity contribution >= 4 is 0 Å². The lowest BCUT2D eigenvalue weighted by Gasteiger charge is -2.38. The van der Waals surface area contributed by atoms with Gasteiger partial charge in [0, 0.05) is 18.8 Å². The van der Waals surface area contributed by atoms with E-state index in [0.29, 0.717) is 18.6 Å². The van der Waals surface area contributed by atoms with Gasteiger partial charge in [0.2, 0.25) is 0 Å². The first-order chi connectivity index (χ1) is 12.7. The first-order valence-electron chi connectivity index (χ1n) is 9.45. The van der Waals surface area contributed by atoms with Crippen LogP contribution in [0.15, 0.2) is 35.0 Å². The molecule has 2 aliphatic rings. The summed E-state index contributed by atoms with van der Waals surface area (Å²) < 4.78 is 17.0. The van der Waals surface area contributed by atoms with Crippen molar-refractivity contribution in [1.29, 1.82) is 0 Å². The molecule has 140 valence electrons. The molecule has 1 spiro atoms. The predicted molar refractivity (Wildman–Crippen MR) is 96.4 cm³/mol. The third-order valence-corrected chi connectivity index (χ3v) is 5.54. The van der Waals surface area contributed by atoms with Crippen molar-refractivity contribution in [3.05, 3.63) is 47.6 Å². The van der Waals surface area contributed by atoms with Crippen LogP contribution < -0.4 is 0 Å². The van der Waals surface area contributed by atoms with Crippen LogP contribution in [-0.2, 0) is 22.6 Å². The van der Waals surface area contributed by atoms with Gasteiger partial charge in [-0.1, -0.05) is 11.2 Å². The molecule has 0 amide bonds. The van der Waals surface area contributed by atoms with Gasteiger partial charge in [-0.2, -0.15) is 0 Å². The molecule has 0 bridgehead atoms. The van der Waals surface area contributed by atoms with Crippen molar-refractivity contribution in [2.24, 2.45) is 5.41 Å². The minimum absolute atomic E-state index is 0.212. The zero-order valence-electron chi connectivity index (χ0n) is 15.4. The third kappa shape index (κ3) is 4.31. The molecule has 4 rings (SSSR count). The molecule has 0 N–H and O–H groups in total. The third-order valence-electron chi connectivity index (χ3n) is 5.54. The highest BCUT2D eigenvalue weighted by atomic mass is 16.5. The molecular weight excluding hydrogens is 330 g/mol. The molecule has 4 heterocycles. The van der Waals surface area contributed by atoms with E-state index in [2.05, 4.69) is 15.0 Å². The monoisotopic (exact) mass is 357 g/mol. The number of likely N-dealkylation sites (tertiary alicyclic amines) is 1. The van der Waals surface area contributed by atoms with E-state index >= 15 is 0 Å². The highest BCUT2D eigenvalue weighted by Crippen LogP contribution is 2.42. The van der Waals surface area contributed by atoms with Gasteiger partial charge in [0.05, 0.1) is 37.3 Å². The number of piperidine rings is 1. The van der Waals surface area contributed by atoms with Crippen molar-refractivity contribution in [3.63, 3.8) is 0 Å². The summed E-state index contributed by atoms with van der Waals surface area (Å²) in [4.78, 5) is 6.75. The zero-order valence-corrected chi connectivity index (χ0v) is 15.4. The van der Waals surface area contributed by atoms with E-state index in [1.165, 1.54) is 12.8 Å². The number of hydrogen-bond donors (Lipinski definition) is 0. The molecule has 2 aromatic rings. The quantitative estimate of drug-likeness (QED) is 0.792. The Labute approximate surface area is 154 Å². The fraction of sp³-hybridized carbons (Fsp3) is 0.600. The lowest BCUT2D eigenvalue weighted by molar-refractivity contribution is 0.00551. The fourth-order valence-corrected chi connectivity index (χ4v) is 4.04. The highest BCUT2D eigenvalue weighted by molar-refractivity contribution is 5.04. The van der Waals surface area contributed by atoms with Crippen LogP contribution in [0.4, 0.5) is 0 Å². The van der Waals surface area contributed by atoms with Gasteiger partial charge in [-0.25, -0.2) is 0 Å². The average Bonchev–Trinajstić information content (AvgIpc) is 3.25. The number of pyridine rings is 1. The van der Waals surface area contributed by atoms with E-state index in [9.17, 15) is 0 Å². The molecule has 26 heavy (non-hydrogen) atoms. The van der Waals surface area contributed by atoms with Crippen molar-refractivity contribution in [1.82, 2.24) is 15.0 Å². The Morgan fingerprint density at radius 3 is 2.88 bits per heavy atom. The van der Waals surface area contributed by atoms with E-state index < -0.39 is 0 Å². The first kappa shape index (κ1) is 17.6. The molecule has 1 atom stereocenters. The van der Waals surface area contributed by atoms with Gasteiger partial charge in [-0.15, -0.1) is 0 Å².